The van der Waals surface area contributed by atoms with E-state index in [0.29, 0.717) is 18.3 Å². The summed E-state index contributed by atoms with van der Waals surface area (Å²) in [6.45, 7) is 6.23. The highest BCUT2D eigenvalue weighted by atomic mass is 16.5. The highest BCUT2D eigenvalue weighted by Crippen LogP contribution is 2.34. The monoisotopic (exact) mass is 369 g/mol. The van der Waals surface area contributed by atoms with Gasteiger partial charge in [0.1, 0.15) is 0 Å². The number of nitrogens with zero attached hydrogens (tertiary/aromatic N) is 5. The lowest BCUT2D eigenvalue weighted by molar-refractivity contribution is -0.130. The number of likely N-dealkylation sites (N-methyl/N-ethyl adjacent to an activating group) is 1. The van der Waals surface area contributed by atoms with Gasteiger partial charge in [-0.25, -0.2) is 0 Å². The summed E-state index contributed by atoms with van der Waals surface area (Å²) in [5, 5.41) is 4.17. The largest absolute Gasteiger partial charge is 0.343 e. The number of amides is 1. The van der Waals surface area contributed by atoms with E-state index in [1.807, 2.05) is 35.2 Å². The zero-order chi connectivity index (χ0) is 18.9. The summed E-state index contributed by atoms with van der Waals surface area (Å²) in [6, 6.07) is 10.5. The molecule has 0 N–H and O–H groups in total. The van der Waals surface area contributed by atoms with Gasteiger partial charge < -0.3 is 14.3 Å². The van der Waals surface area contributed by atoms with E-state index in [1.165, 1.54) is 0 Å². The standard InChI is InChI=1S/C20H27N5O2/c1-3-24-12-11-20(10-9-17(24)26)15-25(14-13-23(20)2)19-21-18(22-27-19)16-7-5-4-6-8-16/h4-8H,3,9-15H2,1-2H3/t20-/m0/s1. The zero-order valence-electron chi connectivity index (χ0n) is 16.1. The number of anilines is 1. The molecule has 0 radical (unpaired) electrons. The number of likely N-dealkylation sites (tertiary alicyclic amines) is 1. The Morgan fingerprint density at radius 1 is 1.15 bits per heavy atom. The molecule has 144 valence electrons. The van der Waals surface area contributed by atoms with Gasteiger partial charge in [0.15, 0.2) is 0 Å². The first-order chi connectivity index (χ1) is 13.1. The van der Waals surface area contributed by atoms with Gasteiger partial charge >= 0.3 is 6.01 Å². The first kappa shape index (κ1) is 18.0. The fourth-order valence-corrected chi connectivity index (χ4v) is 4.24. The molecule has 0 unspecified atom stereocenters. The van der Waals surface area contributed by atoms with Gasteiger partial charge in [-0.05, 0) is 26.8 Å². The van der Waals surface area contributed by atoms with E-state index in [0.717, 1.165) is 51.1 Å². The number of hydrogen-bond donors (Lipinski definition) is 0. The Morgan fingerprint density at radius 3 is 2.74 bits per heavy atom. The second-order valence-electron chi connectivity index (χ2n) is 7.56. The summed E-state index contributed by atoms with van der Waals surface area (Å²) in [5.74, 6) is 0.885. The van der Waals surface area contributed by atoms with Crippen LogP contribution in [0.15, 0.2) is 34.9 Å². The molecule has 1 atom stereocenters. The summed E-state index contributed by atoms with van der Waals surface area (Å²) in [5.41, 5.74) is 0.925. The molecule has 1 aromatic heterocycles. The summed E-state index contributed by atoms with van der Waals surface area (Å²) in [4.78, 5) is 23.6. The molecule has 1 spiro atoms. The SMILES string of the molecule is CCN1CC[C@@]2(CCC1=O)CN(c1nc(-c3ccccc3)no1)CCN2C. The molecule has 2 fully saturated rings. The third-order valence-electron chi connectivity index (χ3n) is 6.10. The Kier molecular flexibility index (Phi) is 4.86. The van der Waals surface area contributed by atoms with Crippen molar-refractivity contribution in [1.29, 1.82) is 0 Å². The minimum atomic E-state index is -0.0286. The molecule has 7 heteroatoms. The average Bonchev–Trinajstić information content (AvgIpc) is 3.13. The fourth-order valence-electron chi connectivity index (χ4n) is 4.24. The van der Waals surface area contributed by atoms with E-state index in [1.54, 1.807) is 0 Å². The second kappa shape index (κ2) is 7.31. The summed E-state index contributed by atoms with van der Waals surface area (Å²) < 4.78 is 5.59. The minimum Gasteiger partial charge on any atom is -0.343 e. The normalized spacial score (nSPS) is 24.4. The highest BCUT2D eigenvalue weighted by Gasteiger charge is 2.43. The van der Waals surface area contributed by atoms with Crippen molar-refractivity contribution in [3.05, 3.63) is 30.3 Å². The second-order valence-corrected chi connectivity index (χ2v) is 7.56. The summed E-state index contributed by atoms with van der Waals surface area (Å²) in [6.07, 6.45) is 2.44. The van der Waals surface area contributed by atoms with Crippen LogP contribution in [0.4, 0.5) is 6.01 Å². The van der Waals surface area contributed by atoms with Gasteiger partial charge in [-0.3, -0.25) is 9.69 Å². The fraction of sp³-hybridized carbons (Fsp3) is 0.550. The van der Waals surface area contributed by atoms with Crippen LogP contribution in [0.1, 0.15) is 26.2 Å². The van der Waals surface area contributed by atoms with E-state index >= 15 is 0 Å². The van der Waals surface area contributed by atoms with Gasteiger partial charge in [-0.1, -0.05) is 35.5 Å². The quantitative estimate of drug-likeness (QED) is 0.827. The number of rotatable bonds is 3. The molecule has 7 nitrogen and oxygen atoms in total. The van der Waals surface area contributed by atoms with Crippen molar-refractivity contribution in [2.24, 2.45) is 0 Å². The number of hydrogen-bond acceptors (Lipinski definition) is 6. The lowest BCUT2D eigenvalue weighted by atomic mass is 9.86. The molecule has 4 rings (SSSR count). The molecule has 2 saturated heterocycles. The zero-order valence-corrected chi connectivity index (χ0v) is 16.1. The van der Waals surface area contributed by atoms with Crippen LogP contribution in [0, 0.1) is 0 Å². The van der Waals surface area contributed by atoms with Crippen molar-refractivity contribution in [2.45, 2.75) is 31.7 Å². The van der Waals surface area contributed by atoms with Crippen molar-refractivity contribution >= 4 is 11.9 Å². The Bertz CT molecular complexity index is 793. The first-order valence-electron chi connectivity index (χ1n) is 9.74. The van der Waals surface area contributed by atoms with Crippen LogP contribution in [0.3, 0.4) is 0 Å². The van der Waals surface area contributed by atoms with Crippen LogP contribution in [0.2, 0.25) is 0 Å². The van der Waals surface area contributed by atoms with Crippen LogP contribution in [0.5, 0.6) is 0 Å². The van der Waals surface area contributed by atoms with Crippen LogP contribution >= 0.6 is 0 Å². The van der Waals surface area contributed by atoms with Gasteiger partial charge in [0.05, 0.1) is 0 Å². The molecule has 2 aliphatic heterocycles. The van der Waals surface area contributed by atoms with Crippen molar-refractivity contribution in [3.63, 3.8) is 0 Å². The van der Waals surface area contributed by atoms with Crippen molar-refractivity contribution in [3.8, 4) is 11.4 Å². The first-order valence-corrected chi connectivity index (χ1v) is 9.74. The third kappa shape index (κ3) is 3.43. The molecule has 1 amide bonds. The number of carbonyl (C=O) groups excluding carboxylic acids is 1. The maximum atomic E-state index is 12.3. The number of benzene rings is 1. The van der Waals surface area contributed by atoms with E-state index in [-0.39, 0.29) is 11.4 Å². The number of carbonyl (C=O) groups is 1. The van der Waals surface area contributed by atoms with E-state index in [9.17, 15) is 4.79 Å². The van der Waals surface area contributed by atoms with Gasteiger partial charge in [0.25, 0.3) is 0 Å². The molecule has 1 aromatic carbocycles. The topological polar surface area (TPSA) is 65.7 Å². The highest BCUT2D eigenvalue weighted by molar-refractivity contribution is 5.76. The Labute approximate surface area is 159 Å². The van der Waals surface area contributed by atoms with Gasteiger partial charge in [0.2, 0.25) is 11.7 Å². The molecule has 27 heavy (non-hydrogen) atoms. The maximum Gasteiger partial charge on any atom is 0.324 e. The van der Waals surface area contributed by atoms with E-state index in [2.05, 4.69) is 33.9 Å². The van der Waals surface area contributed by atoms with Gasteiger partial charge in [-0.2, -0.15) is 4.98 Å². The molecule has 2 aliphatic rings. The Balaban J connectivity index is 1.54. The predicted octanol–water partition coefficient (Wildman–Crippen LogP) is 2.26. The molecular formula is C20H27N5O2. The summed E-state index contributed by atoms with van der Waals surface area (Å²) in [7, 11) is 2.17. The van der Waals surface area contributed by atoms with Crippen LogP contribution in [-0.2, 0) is 4.79 Å². The van der Waals surface area contributed by atoms with Crippen LogP contribution < -0.4 is 4.90 Å². The lowest BCUT2D eigenvalue weighted by Gasteiger charge is -2.48. The molecule has 0 bridgehead atoms. The maximum absolute atomic E-state index is 12.3. The smallest absolute Gasteiger partial charge is 0.324 e. The molecule has 0 saturated carbocycles. The average molecular weight is 369 g/mol. The van der Waals surface area contributed by atoms with Crippen molar-refractivity contribution in [2.75, 3.05) is 44.7 Å². The van der Waals surface area contributed by atoms with Crippen molar-refractivity contribution < 1.29 is 9.32 Å². The van der Waals surface area contributed by atoms with E-state index < -0.39 is 0 Å². The van der Waals surface area contributed by atoms with Crippen molar-refractivity contribution in [1.82, 2.24) is 19.9 Å². The lowest BCUT2D eigenvalue weighted by Crippen LogP contribution is -2.61. The molecule has 2 aromatic rings. The third-order valence-corrected chi connectivity index (χ3v) is 6.10. The molecular weight excluding hydrogens is 342 g/mol. The molecule has 0 aliphatic carbocycles. The predicted molar refractivity (Wildman–Crippen MR) is 103 cm³/mol. The summed E-state index contributed by atoms with van der Waals surface area (Å²) >= 11 is 0. The minimum absolute atomic E-state index is 0.0286. The molecule has 3 heterocycles. The van der Waals surface area contributed by atoms with Crippen LogP contribution in [-0.4, -0.2) is 71.2 Å². The Hall–Kier alpha value is -2.41. The number of piperazine rings is 1. The Morgan fingerprint density at radius 2 is 1.96 bits per heavy atom. The van der Waals surface area contributed by atoms with Gasteiger partial charge in [-0.15, -0.1) is 0 Å². The number of aromatic nitrogens is 2. The van der Waals surface area contributed by atoms with Gasteiger partial charge in [0, 0.05) is 50.2 Å². The van der Waals surface area contributed by atoms with Crippen LogP contribution in [0.25, 0.3) is 11.4 Å². The van der Waals surface area contributed by atoms with E-state index in [4.69, 9.17) is 4.52 Å².